The van der Waals surface area contributed by atoms with Crippen LogP contribution in [0.25, 0.3) is 0 Å². The molecule has 0 unspecified atom stereocenters. The van der Waals surface area contributed by atoms with Gasteiger partial charge in [0.15, 0.2) is 23.5 Å². The zero-order valence-corrected chi connectivity index (χ0v) is 38.3. The van der Waals surface area contributed by atoms with Crippen molar-refractivity contribution in [3.05, 3.63) is 75.0 Å². The van der Waals surface area contributed by atoms with Gasteiger partial charge in [0.05, 0.1) is 30.7 Å². The highest BCUT2D eigenvalue weighted by Gasteiger charge is 2.76. The van der Waals surface area contributed by atoms with Crippen LogP contribution in [0, 0.1) is 28.6 Å². The number of thiophene rings is 1. The highest BCUT2D eigenvalue weighted by atomic mass is 79.9. The average molecular weight is 993 g/mol. The van der Waals surface area contributed by atoms with Gasteiger partial charge in [-0.25, -0.2) is 4.57 Å². The number of alkyl halides is 1. The lowest BCUT2D eigenvalue weighted by Crippen LogP contribution is -2.63. The molecule has 1 aromatic heterocycles. The SMILES string of the molecule is C[C@]12C=CC(=O)C=C1CC[C@@H]1[C@@H]2[C@@H](O)C[C@@]2(C)[C@H]1C[C@H]1O[C@@H](c3csc(Cc4ccc(CO)c(NC(=O)[C@H](CCC(=O)O)NC(=O)CNC(=O)CBr)c4)c3)O[C@]12C(=O)COP(=O)(O)O. The molecular weight excluding hydrogens is 941 g/mol. The van der Waals surface area contributed by atoms with Crippen LogP contribution in [-0.2, 0) is 60.4 Å². The second-order valence-corrected chi connectivity index (χ2v) is 20.4. The van der Waals surface area contributed by atoms with Crippen molar-refractivity contribution in [2.75, 3.05) is 23.8 Å². The van der Waals surface area contributed by atoms with E-state index in [-0.39, 0.29) is 47.4 Å². The van der Waals surface area contributed by atoms with E-state index in [2.05, 4.69) is 31.9 Å². The summed E-state index contributed by atoms with van der Waals surface area (Å²) in [5.41, 5.74) is -0.534. The molecule has 0 spiro atoms. The minimum Gasteiger partial charge on any atom is -0.481 e. The number of aliphatic carboxylic acids is 1. The molecule has 21 heteroatoms. The predicted molar refractivity (Wildman–Crippen MR) is 232 cm³/mol. The summed E-state index contributed by atoms with van der Waals surface area (Å²) in [6.45, 7) is 2.08. The number of aliphatic hydroxyl groups is 2. The third kappa shape index (κ3) is 9.36. The molecule has 1 aromatic carbocycles. The predicted octanol–water partition coefficient (Wildman–Crippen LogP) is 3.35. The van der Waals surface area contributed by atoms with Gasteiger partial charge in [-0.15, -0.1) is 11.3 Å². The number of hydrogen-bond acceptors (Lipinski definition) is 13. The Kier molecular flexibility index (Phi) is 14.1. The van der Waals surface area contributed by atoms with Gasteiger partial charge in [0.2, 0.25) is 17.7 Å². The number of hydrogen-bond donors (Lipinski definition) is 8. The summed E-state index contributed by atoms with van der Waals surface area (Å²) in [5.74, 6) is -4.44. The molecular formula is C43H51BrN3O15PS. The van der Waals surface area contributed by atoms with Gasteiger partial charge in [0.25, 0.3) is 0 Å². The summed E-state index contributed by atoms with van der Waals surface area (Å²) in [6, 6.07) is 5.57. The van der Waals surface area contributed by atoms with Crippen LogP contribution in [0.5, 0.6) is 0 Å². The number of amides is 3. The summed E-state index contributed by atoms with van der Waals surface area (Å²) in [4.78, 5) is 95.7. The quantitative estimate of drug-likeness (QED) is 0.0834. The number of carboxylic acid groups (broad SMARTS) is 1. The molecule has 0 bridgehead atoms. The van der Waals surface area contributed by atoms with Crippen molar-refractivity contribution in [1.29, 1.82) is 0 Å². The Morgan fingerprint density at radius 2 is 1.89 bits per heavy atom. The summed E-state index contributed by atoms with van der Waals surface area (Å²) >= 11 is 4.34. The van der Waals surface area contributed by atoms with Crippen LogP contribution < -0.4 is 16.0 Å². The number of carboxylic acids is 1. The topological polar surface area (TPSA) is 284 Å². The molecule has 2 heterocycles. The smallest absolute Gasteiger partial charge is 0.470 e. The summed E-state index contributed by atoms with van der Waals surface area (Å²) < 4.78 is 30.0. The van der Waals surface area contributed by atoms with Crippen LogP contribution in [0.2, 0.25) is 0 Å². The lowest BCUT2D eigenvalue weighted by molar-refractivity contribution is -0.200. The number of rotatable bonds is 17. The molecule has 18 nitrogen and oxygen atoms in total. The van der Waals surface area contributed by atoms with Crippen LogP contribution in [0.4, 0.5) is 5.69 Å². The number of nitrogens with one attached hydrogen (secondary N) is 3. The number of carbonyl (C=O) groups is 6. The van der Waals surface area contributed by atoms with Gasteiger partial charge in [-0.3, -0.25) is 33.3 Å². The fourth-order valence-electron chi connectivity index (χ4n) is 11.0. The standard InChI is InChI=1S/C43H51BrN3O15PS/c1-41-10-9-26(49)14-25(41)5-6-28-29-15-34-43(33(51)20-60-63(57,58)59,42(29,2)16-32(50)38(28)41)62-40(61-34)24-13-27(64-21-24)11-22-3-4-23(19-48)31(12-22)47-39(56)30(7-8-37(54)55)46-36(53)18-45-35(52)17-44/h3-4,9-10,12-14,21,28-30,32,34,38,40,48,50H,5-8,11,15-20H2,1-2H3,(H,45,52)(H,46,53)(H,47,56)(H,54,55)(H2,57,58,59)/t28-,29-,30-,32-,34+,38+,40+,41-,42-,43+/m0/s1. The molecule has 3 saturated carbocycles. The third-order valence-corrected chi connectivity index (χ3v) is 15.7. The van der Waals surface area contributed by atoms with Gasteiger partial charge < -0.3 is 50.5 Å². The molecule has 1 saturated heterocycles. The molecule has 4 fully saturated rings. The second-order valence-electron chi connectivity index (χ2n) is 17.6. The fraction of sp³-hybridized carbons (Fsp3) is 0.535. The molecule has 3 amide bonds. The van der Waals surface area contributed by atoms with E-state index in [0.717, 1.165) is 10.5 Å². The van der Waals surface area contributed by atoms with Crippen LogP contribution >= 0.6 is 35.1 Å². The van der Waals surface area contributed by atoms with Crippen molar-refractivity contribution < 1.29 is 72.4 Å². The van der Waals surface area contributed by atoms with Crippen molar-refractivity contribution in [2.45, 2.75) is 95.5 Å². The maximum Gasteiger partial charge on any atom is 0.470 e. The van der Waals surface area contributed by atoms with Crippen LogP contribution in [0.3, 0.4) is 0 Å². The van der Waals surface area contributed by atoms with Crippen molar-refractivity contribution >= 4 is 76.0 Å². The summed E-state index contributed by atoms with van der Waals surface area (Å²) in [5, 5.41) is 40.7. The number of phosphoric ester groups is 1. The van der Waals surface area contributed by atoms with E-state index in [9.17, 15) is 58.4 Å². The largest absolute Gasteiger partial charge is 0.481 e. The number of anilines is 1. The molecule has 8 N–H and O–H groups in total. The van der Waals surface area contributed by atoms with E-state index in [1.807, 2.05) is 31.4 Å². The van der Waals surface area contributed by atoms with E-state index in [0.29, 0.717) is 42.4 Å². The molecule has 7 rings (SSSR count). The van der Waals surface area contributed by atoms with Crippen molar-refractivity contribution in [1.82, 2.24) is 10.6 Å². The zero-order chi connectivity index (χ0) is 46.4. The molecule has 0 radical (unpaired) electrons. The first kappa shape index (κ1) is 48.0. The van der Waals surface area contributed by atoms with Crippen molar-refractivity contribution in [3.8, 4) is 0 Å². The summed E-state index contributed by atoms with van der Waals surface area (Å²) in [7, 11) is -5.06. The van der Waals surface area contributed by atoms with E-state index in [1.165, 1.54) is 17.4 Å². The Labute approximate surface area is 380 Å². The first-order valence-corrected chi connectivity index (χ1v) is 24.4. The van der Waals surface area contributed by atoms with Gasteiger partial charge in [-0.05, 0) is 79.2 Å². The highest BCUT2D eigenvalue weighted by Crippen LogP contribution is 2.70. The molecule has 5 aliphatic rings. The second kappa shape index (κ2) is 18.7. The maximum absolute atomic E-state index is 14.4. The summed E-state index contributed by atoms with van der Waals surface area (Å²) in [6.07, 6.45) is 3.67. The van der Waals surface area contributed by atoms with E-state index in [4.69, 9.17) is 14.0 Å². The van der Waals surface area contributed by atoms with Crippen molar-refractivity contribution in [2.24, 2.45) is 28.6 Å². The van der Waals surface area contributed by atoms with Crippen molar-refractivity contribution in [3.63, 3.8) is 0 Å². The van der Waals surface area contributed by atoms with E-state index in [1.54, 1.807) is 24.3 Å². The molecule has 64 heavy (non-hydrogen) atoms. The Morgan fingerprint density at radius 1 is 1.12 bits per heavy atom. The lowest BCUT2D eigenvalue weighted by Gasteiger charge is -2.59. The molecule has 10 atom stereocenters. The Balaban J connectivity index is 1.10. The Morgan fingerprint density at radius 3 is 2.59 bits per heavy atom. The highest BCUT2D eigenvalue weighted by molar-refractivity contribution is 9.09. The average Bonchev–Trinajstić information content (AvgIpc) is 3.93. The Bertz CT molecular complexity index is 2330. The minimum absolute atomic E-state index is 0.0452. The lowest BCUT2D eigenvalue weighted by atomic mass is 9.46. The molecule has 346 valence electrons. The number of fused-ring (bicyclic) bond motifs is 7. The number of ether oxygens (including phenoxy) is 2. The first-order chi connectivity index (χ1) is 30.2. The number of aliphatic hydroxyl groups excluding tert-OH is 2. The number of halogens is 1. The van der Waals surface area contributed by atoms with Crippen LogP contribution in [0.1, 0.15) is 80.2 Å². The number of ketones is 2. The number of carbonyl (C=O) groups excluding carboxylic acids is 5. The van der Waals surface area contributed by atoms with Crippen LogP contribution in [-0.4, -0.2) is 103 Å². The van der Waals surface area contributed by atoms with E-state index >= 15 is 0 Å². The number of allylic oxidation sites excluding steroid dienone is 4. The molecule has 1 aliphatic heterocycles. The minimum atomic E-state index is -5.06. The normalized spacial score (nSPS) is 30.9. The first-order valence-electron chi connectivity index (χ1n) is 20.8. The maximum atomic E-state index is 14.4. The number of phosphoric acid groups is 1. The van der Waals surface area contributed by atoms with Gasteiger partial charge in [-0.2, -0.15) is 0 Å². The van der Waals surface area contributed by atoms with E-state index < -0.39 is 104 Å². The van der Waals surface area contributed by atoms with Gasteiger partial charge in [-0.1, -0.05) is 53.6 Å². The monoisotopic (exact) mass is 991 g/mol. The fourth-order valence-corrected chi connectivity index (χ4v) is 12.4. The third-order valence-electron chi connectivity index (χ3n) is 13.8. The number of benzene rings is 1. The Hall–Kier alpha value is -3.95. The van der Waals surface area contributed by atoms with Crippen LogP contribution in [0.15, 0.2) is 53.4 Å². The van der Waals surface area contributed by atoms with Gasteiger partial charge in [0.1, 0.15) is 12.6 Å². The molecule has 4 aliphatic carbocycles. The van der Waals surface area contributed by atoms with Gasteiger partial charge in [0, 0.05) is 51.3 Å². The van der Waals surface area contributed by atoms with Gasteiger partial charge >= 0.3 is 13.8 Å². The number of Topliss-reactive ketones (excluding diaryl/α,β-unsaturated/α-hetero) is 1. The molecule has 2 aromatic rings. The zero-order valence-electron chi connectivity index (χ0n) is 35.0.